The lowest BCUT2D eigenvalue weighted by atomic mass is 9.86. The van der Waals surface area contributed by atoms with Crippen LogP contribution in [0.3, 0.4) is 0 Å². The first kappa shape index (κ1) is 19.1. The number of nitrogens with one attached hydrogen (secondary N) is 1. The number of H-pyrrole nitrogens is 1. The molecule has 27 heavy (non-hydrogen) atoms. The van der Waals surface area contributed by atoms with E-state index in [2.05, 4.69) is 48.0 Å². The van der Waals surface area contributed by atoms with E-state index in [1.165, 1.54) is 5.56 Å². The second-order valence-corrected chi connectivity index (χ2v) is 8.06. The lowest BCUT2D eigenvalue weighted by molar-refractivity contribution is 0.465. The van der Waals surface area contributed by atoms with Crippen LogP contribution in [0.5, 0.6) is 0 Å². The minimum Gasteiger partial charge on any atom is -0.348 e. The van der Waals surface area contributed by atoms with Crippen molar-refractivity contribution < 1.29 is 4.39 Å². The second kappa shape index (κ2) is 6.79. The van der Waals surface area contributed by atoms with Gasteiger partial charge in [-0.15, -0.1) is 0 Å². The highest BCUT2D eigenvalue weighted by molar-refractivity contribution is 5.78. The summed E-state index contributed by atoms with van der Waals surface area (Å²) in [6, 6.07) is 8.10. The molecule has 0 saturated carbocycles. The molecule has 0 amide bonds. The molecule has 2 heterocycles. The third kappa shape index (κ3) is 3.46. The van der Waals surface area contributed by atoms with Gasteiger partial charge >= 0.3 is 0 Å². The van der Waals surface area contributed by atoms with Crippen molar-refractivity contribution in [2.75, 3.05) is 19.0 Å². The lowest BCUT2D eigenvalue weighted by Crippen LogP contribution is -2.20. The van der Waals surface area contributed by atoms with E-state index < -0.39 is 6.67 Å². The molecule has 0 fully saturated rings. The number of benzene rings is 1. The first-order chi connectivity index (χ1) is 12.6. The standard InChI is InChI=1S/C20H26FN5O/c1-12(13-7-9-14(10-8-13)20(2,3)4)26-17-16(15(11-21)24-26)18(27)23-19(22-17)25(5)6/h7-10,12H,11H2,1-6H3,(H,22,23,27)/t12-/m0/s1. The molecule has 0 spiro atoms. The summed E-state index contributed by atoms with van der Waals surface area (Å²) in [7, 11) is 3.57. The molecule has 0 aliphatic carbocycles. The molecule has 6 nitrogen and oxygen atoms in total. The number of hydrogen-bond donors (Lipinski definition) is 1. The van der Waals surface area contributed by atoms with Crippen molar-refractivity contribution in [3.05, 3.63) is 51.4 Å². The molecule has 144 valence electrons. The molecule has 1 atom stereocenters. The van der Waals surface area contributed by atoms with Gasteiger partial charge in [-0.3, -0.25) is 9.78 Å². The molecule has 0 bridgehead atoms. The number of aromatic amines is 1. The first-order valence-corrected chi connectivity index (χ1v) is 8.98. The first-order valence-electron chi connectivity index (χ1n) is 8.98. The summed E-state index contributed by atoms with van der Waals surface area (Å²) in [4.78, 5) is 21.4. The van der Waals surface area contributed by atoms with Gasteiger partial charge in [0.25, 0.3) is 5.56 Å². The van der Waals surface area contributed by atoms with Crippen molar-refractivity contribution in [1.82, 2.24) is 19.7 Å². The Bertz CT molecular complexity index is 1010. The minimum absolute atomic E-state index is 0.0665. The predicted molar refractivity (Wildman–Crippen MR) is 106 cm³/mol. The van der Waals surface area contributed by atoms with Crippen LogP contribution in [-0.4, -0.2) is 33.8 Å². The quantitative estimate of drug-likeness (QED) is 0.761. The van der Waals surface area contributed by atoms with Crippen molar-refractivity contribution in [3.63, 3.8) is 0 Å². The average molecular weight is 371 g/mol. The minimum atomic E-state index is -0.814. The zero-order valence-corrected chi connectivity index (χ0v) is 16.7. The smallest absolute Gasteiger partial charge is 0.263 e. The fourth-order valence-electron chi connectivity index (χ4n) is 3.08. The van der Waals surface area contributed by atoms with Gasteiger partial charge < -0.3 is 4.90 Å². The van der Waals surface area contributed by atoms with Gasteiger partial charge in [-0.2, -0.15) is 10.1 Å². The molecular weight excluding hydrogens is 345 g/mol. The Morgan fingerprint density at radius 2 is 1.85 bits per heavy atom. The topological polar surface area (TPSA) is 66.8 Å². The van der Waals surface area contributed by atoms with Gasteiger partial charge in [-0.25, -0.2) is 9.07 Å². The summed E-state index contributed by atoms with van der Waals surface area (Å²) in [6.45, 7) is 7.65. The Balaban J connectivity index is 2.14. The van der Waals surface area contributed by atoms with E-state index in [-0.39, 0.29) is 28.1 Å². The fraction of sp³-hybridized carbons (Fsp3) is 0.450. The zero-order chi connectivity index (χ0) is 19.9. The maximum absolute atomic E-state index is 13.5. The van der Waals surface area contributed by atoms with E-state index in [9.17, 15) is 9.18 Å². The van der Waals surface area contributed by atoms with Gasteiger partial charge in [-0.1, -0.05) is 45.0 Å². The normalized spacial score (nSPS) is 13.1. The van der Waals surface area contributed by atoms with Gasteiger partial charge in [-0.05, 0) is 23.5 Å². The Labute approximate surface area is 158 Å². The van der Waals surface area contributed by atoms with E-state index in [4.69, 9.17) is 0 Å². The largest absolute Gasteiger partial charge is 0.348 e. The van der Waals surface area contributed by atoms with Gasteiger partial charge in [0.05, 0.1) is 6.04 Å². The third-order valence-electron chi connectivity index (χ3n) is 4.80. The maximum atomic E-state index is 13.5. The molecule has 1 aromatic carbocycles. The van der Waals surface area contributed by atoms with E-state index in [0.717, 1.165) is 5.56 Å². The van der Waals surface area contributed by atoms with E-state index in [0.29, 0.717) is 11.6 Å². The number of nitrogens with zero attached hydrogens (tertiary/aromatic N) is 4. The molecule has 0 aliphatic heterocycles. The lowest BCUT2D eigenvalue weighted by Gasteiger charge is -2.20. The molecule has 0 aliphatic rings. The molecule has 0 radical (unpaired) electrons. The Kier molecular flexibility index (Phi) is 4.80. The maximum Gasteiger partial charge on any atom is 0.263 e. The molecule has 2 aromatic heterocycles. The molecular formula is C20H26FN5O. The molecule has 3 rings (SSSR count). The Hall–Kier alpha value is -2.70. The molecule has 0 saturated heterocycles. The monoisotopic (exact) mass is 371 g/mol. The van der Waals surface area contributed by atoms with Crippen LogP contribution in [0.25, 0.3) is 11.0 Å². The highest BCUT2D eigenvalue weighted by atomic mass is 19.1. The predicted octanol–water partition coefficient (Wildman–Crippen LogP) is 3.56. The second-order valence-electron chi connectivity index (χ2n) is 8.06. The molecule has 0 unspecified atom stereocenters. The number of aromatic nitrogens is 4. The summed E-state index contributed by atoms with van der Waals surface area (Å²) < 4.78 is 15.1. The summed E-state index contributed by atoms with van der Waals surface area (Å²) in [5, 5.41) is 4.57. The van der Waals surface area contributed by atoms with Gasteiger partial charge in [0.2, 0.25) is 5.95 Å². The van der Waals surface area contributed by atoms with Crippen LogP contribution in [-0.2, 0) is 12.1 Å². The third-order valence-corrected chi connectivity index (χ3v) is 4.80. The van der Waals surface area contributed by atoms with E-state index in [1.807, 2.05) is 19.1 Å². The van der Waals surface area contributed by atoms with Gasteiger partial charge in [0.1, 0.15) is 17.8 Å². The van der Waals surface area contributed by atoms with Gasteiger partial charge in [0.15, 0.2) is 5.65 Å². The molecule has 7 heteroatoms. The van der Waals surface area contributed by atoms with Crippen LogP contribution in [0.4, 0.5) is 10.3 Å². The Morgan fingerprint density at radius 1 is 1.22 bits per heavy atom. The summed E-state index contributed by atoms with van der Waals surface area (Å²) >= 11 is 0. The highest BCUT2D eigenvalue weighted by Crippen LogP contribution is 2.27. The number of anilines is 1. The average Bonchev–Trinajstić information content (AvgIpc) is 2.99. The number of hydrogen-bond acceptors (Lipinski definition) is 4. The summed E-state index contributed by atoms with van der Waals surface area (Å²) in [5.41, 5.74) is 2.45. The molecule has 1 N–H and O–H groups in total. The highest BCUT2D eigenvalue weighted by Gasteiger charge is 2.22. The fourth-order valence-corrected chi connectivity index (χ4v) is 3.08. The van der Waals surface area contributed by atoms with Crippen molar-refractivity contribution in [3.8, 4) is 0 Å². The number of rotatable bonds is 4. The van der Waals surface area contributed by atoms with Crippen LogP contribution in [0, 0.1) is 0 Å². The summed E-state index contributed by atoms with van der Waals surface area (Å²) in [5.74, 6) is 0.411. The van der Waals surface area contributed by atoms with Crippen LogP contribution >= 0.6 is 0 Å². The SMILES string of the molecule is C[C@@H](c1ccc(C(C)(C)C)cc1)n1nc(CF)c2c(=O)[nH]c(N(C)C)nc21. The van der Waals surface area contributed by atoms with Crippen LogP contribution < -0.4 is 10.5 Å². The van der Waals surface area contributed by atoms with E-state index in [1.54, 1.807) is 23.7 Å². The Morgan fingerprint density at radius 3 is 2.37 bits per heavy atom. The van der Waals surface area contributed by atoms with Crippen LogP contribution in [0.15, 0.2) is 29.1 Å². The zero-order valence-electron chi connectivity index (χ0n) is 16.7. The van der Waals surface area contributed by atoms with Crippen molar-refractivity contribution in [1.29, 1.82) is 0 Å². The number of fused-ring (bicyclic) bond motifs is 1. The number of halogens is 1. The van der Waals surface area contributed by atoms with Crippen molar-refractivity contribution in [2.45, 2.75) is 45.8 Å². The van der Waals surface area contributed by atoms with Gasteiger partial charge in [0, 0.05) is 14.1 Å². The van der Waals surface area contributed by atoms with Crippen LogP contribution in [0.2, 0.25) is 0 Å². The van der Waals surface area contributed by atoms with Crippen LogP contribution in [0.1, 0.15) is 50.6 Å². The molecule has 3 aromatic rings. The van der Waals surface area contributed by atoms with Crippen molar-refractivity contribution >= 4 is 17.0 Å². The number of alkyl halides is 1. The summed E-state index contributed by atoms with van der Waals surface area (Å²) in [6.07, 6.45) is 0. The van der Waals surface area contributed by atoms with E-state index >= 15 is 0 Å². The van der Waals surface area contributed by atoms with Crippen molar-refractivity contribution in [2.24, 2.45) is 0 Å².